The molecule has 1 N–H and O–H groups in total. The second kappa shape index (κ2) is 11.9. The molecule has 1 aromatic heterocycles. The molecule has 0 fully saturated rings. The summed E-state index contributed by atoms with van der Waals surface area (Å²) in [6.45, 7) is 5.41. The van der Waals surface area contributed by atoms with Crippen molar-refractivity contribution in [2.45, 2.75) is 25.8 Å². The van der Waals surface area contributed by atoms with Gasteiger partial charge in [-0.25, -0.2) is 4.98 Å². The van der Waals surface area contributed by atoms with E-state index in [-0.39, 0.29) is 5.91 Å². The number of nitrogens with one attached hydrogen (secondary N) is 1. The highest BCUT2D eigenvalue weighted by Gasteiger charge is 2.12. The Morgan fingerprint density at radius 1 is 1.03 bits per heavy atom. The Morgan fingerprint density at radius 3 is 2.63 bits per heavy atom. The van der Waals surface area contributed by atoms with Crippen LogP contribution in [0, 0.1) is 0 Å². The van der Waals surface area contributed by atoms with Crippen LogP contribution in [0.1, 0.15) is 17.0 Å². The van der Waals surface area contributed by atoms with Gasteiger partial charge in [0.05, 0.1) is 31.1 Å². The number of carbonyl (C=O) groups is 1. The van der Waals surface area contributed by atoms with Crippen molar-refractivity contribution in [1.29, 1.82) is 0 Å². The first-order chi connectivity index (χ1) is 17.2. The number of amides is 1. The van der Waals surface area contributed by atoms with Gasteiger partial charge in [0.2, 0.25) is 5.91 Å². The molecule has 0 unspecified atom stereocenters. The van der Waals surface area contributed by atoms with E-state index in [1.807, 2.05) is 72.8 Å². The van der Waals surface area contributed by atoms with Crippen LogP contribution in [0.25, 0.3) is 11.0 Å². The summed E-state index contributed by atoms with van der Waals surface area (Å²) in [6.07, 6.45) is 3.65. The molecule has 0 atom stereocenters. The summed E-state index contributed by atoms with van der Waals surface area (Å²) in [7, 11) is 1.65. The summed E-state index contributed by atoms with van der Waals surface area (Å²) in [4.78, 5) is 17.1. The van der Waals surface area contributed by atoms with Gasteiger partial charge in [-0.05, 0) is 41.8 Å². The molecule has 1 amide bonds. The fourth-order valence-corrected chi connectivity index (χ4v) is 4.10. The van der Waals surface area contributed by atoms with Crippen LogP contribution in [0.4, 0.5) is 0 Å². The fraction of sp³-hybridized carbons (Fsp3) is 0.241. The number of ether oxygens (including phenoxy) is 2. The molecule has 35 heavy (non-hydrogen) atoms. The summed E-state index contributed by atoms with van der Waals surface area (Å²) in [5.41, 5.74) is 4.11. The first-order valence-electron chi connectivity index (χ1n) is 11.8. The highest BCUT2D eigenvalue weighted by atomic mass is 16.5. The zero-order valence-corrected chi connectivity index (χ0v) is 20.1. The van der Waals surface area contributed by atoms with E-state index in [9.17, 15) is 4.79 Å². The quantitative estimate of drug-likeness (QED) is 0.304. The minimum absolute atomic E-state index is 0.00851. The van der Waals surface area contributed by atoms with Crippen LogP contribution < -0.4 is 14.8 Å². The molecule has 0 aliphatic rings. The number of benzene rings is 3. The Hall–Kier alpha value is -4.06. The molecule has 0 saturated heterocycles. The number of allylic oxidation sites excluding steroid dienone is 1. The van der Waals surface area contributed by atoms with Crippen LogP contribution in [0.3, 0.4) is 0 Å². The average molecular weight is 470 g/mol. The lowest BCUT2D eigenvalue weighted by molar-refractivity contribution is -0.120. The van der Waals surface area contributed by atoms with E-state index in [4.69, 9.17) is 14.5 Å². The number of methoxy groups -OCH3 is 1. The van der Waals surface area contributed by atoms with Crippen LogP contribution in [-0.4, -0.2) is 35.7 Å². The highest BCUT2D eigenvalue weighted by molar-refractivity contribution is 5.78. The van der Waals surface area contributed by atoms with E-state index < -0.39 is 0 Å². The van der Waals surface area contributed by atoms with Crippen molar-refractivity contribution in [3.63, 3.8) is 0 Å². The third-order valence-electron chi connectivity index (χ3n) is 5.79. The largest absolute Gasteiger partial charge is 0.493 e. The van der Waals surface area contributed by atoms with E-state index in [2.05, 4.69) is 22.5 Å². The van der Waals surface area contributed by atoms with Crippen molar-refractivity contribution in [3.05, 3.63) is 102 Å². The van der Waals surface area contributed by atoms with E-state index in [0.29, 0.717) is 44.0 Å². The molecule has 6 nitrogen and oxygen atoms in total. The SMILES string of the molecule is C=CCc1ccc(OCCn2c(CCNC(=O)Cc3ccccc3)nc3ccccc32)c(OC)c1. The molecule has 6 heteroatoms. The Morgan fingerprint density at radius 2 is 1.83 bits per heavy atom. The van der Waals surface area contributed by atoms with Gasteiger partial charge in [-0.2, -0.15) is 0 Å². The number of para-hydroxylation sites is 2. The normalized spacial score (nSPS) is 10.8. The van der Waals surface area contributed by atoms with E-state index >= 15 is 0 Å². The zero-order chi connectivity index (χ0) is 24.5. The van der Waals surface area contributed by atoms with Crippen molar-refractivity contribution in [2.24, 2.45) is 0 Å². The minimum atomic E-state index is 0.00851. The smallest absolute Gasteiger partial charge is 0.224 e. The Labute approximate surface area is 206 Å². The second-order valence-corrected chi connectivity index (χ2v) is 8.26. The number of rotatable bonds is 12. The summed E-state index contributed by atoms with van der Waals surface area (Å²) < 4.78 is 13.8. The number of fused-ring (bicyclic) bond motifs is 1. The summed E-state index contributed by atoms with van der Waals surface area (Å²) in [5.74, 6) is 2.35. The van der Waals surface area contributed by atoms with Crippen LogP contribution in [0.5, 0.6) is 11.5 Å². The fourth-order valence-electron chi connectivity index (χ4n) is 4.10. The van der Waals surface area contributed by atoms with Gasteiger partial charge in [-0.1, -0.05) is 54.6 Å². The number of carbonyl (C=O) groups excluding carboxylic acids is 1. The van der Waals surface area contributed by atoms with Crippen molar-refractivity contribution in [3.8, 4) is 11.5 Å². The van der Waals surface area contributed by atoms with Gasteiger partial charge < -0.3 is 19.4 Å². The first kappa shape index (κ1) is 24.1. The van der Waals surface area contributed by atoms with Crippen LogP contribution in [-0.2, 0) is 30.6 Å². The van der Waals surface area contributed by atoms with Crippen molar-refractivity contribution in [2.75, 3.05) is 20.3 Å². The molecule has 3 aromatic carbocycles. The monoisotopic (exact) mass is 469 g/mol. The number of hydrogen-bond donors (Lipinski definition) is 1. The Balaban J connectivity index is 1.39. The molecular formula is C29H31N3O3. The predicted molar refractivity (Wildman–Crippen MR) is 139 cm³/mol. The lowest BCUT2D eigenvalue weighted by atomic mass is 10.1. The van der Waals surface area contributed by atoms with Gasteiger partial charge in [0.25, 0.3) is 0 Å². The van der Waals surface area contributed by atoms with Crippen molar-refractivity contribution >= 4 is 16.9 Å². The number of hydrogen-bond acceptors (Lipinski definition) is 4. The van der Waals surface area contributed by atoms with Crippen LogP contribution >= 0.6 is 0 Å². The van der Waals surface area contributed by atoms with Gasteiger partial charge in [0.15, 0.2) is 11.5 Å². The summed E-state index contributed by atoms with van der Waals surface area (Å²) >= 11 is 0. The standard InChI is InChI=1S/C29H31N3O3/c1-3-9-22-14-15-26(27(20-22)34-2)35-19-18-32-25-13-8-7-12-24(25)31-28(32)16-17-30-29(33)21-23-10-5-4-6-11-23/h3-8,10-15,20H,1,9,16-19,21H2,2H3,(H,30,33). The van der Waals surface area contributed by atoms with Gasteiger partial charge in [0.1, 0.15) is 12.4 Å². The third-order valence-corrected chi connectivity index (χ3v) is 5.79. The van der Waals surface area contributed by atoms with Crippen molar-refractivity contribution in [1.82, 2.24) is 14.9 Å². The number of imidazole rings is 1. The average Bonchev–Trinajstić information content (AvgIpc) is 3.23. The molecule has 0 saturated carbocycles. The highest BCUT2D eigenvalue weighted by Crippen LogP contribution is 2.28. The Bertz CT molecular complexity index is 1280. The van der Waals surface area contributed by atoms with Crippen molar-refractivity contribution < 1.29 is 14.3 Å². The van der Waals surface area contributed by atoms with Gasteiger partial charge in [-0.15, -0.1) is 6.58 Å². The molecule has 4 rings (SSSR count). The molecule has 0 aliphatic carbocycles. The Kier molecular flexibility index (Phi) is 8.17. The van der Waals surface area contributed by atoms with E-state index in [1.54, 1.807) is 7.11 Å². The predicted octanol–water partition coefficient (Wildman–Crippen LogP) is 4.75. The van der Waals surface area contributed by atoms with Crippen LogP contribution in [0.2, 0.25) is 0 Å². The summed E-state index contributed by atoms with van der Waals surface area (Å²) in [5, 5.41) is 3.02. The maximum atomic E-state index is 12.3. The maximum absolute atomic E-state index is 12.3. The van der Waals surface area contributed by atoms with E-state index in [1.165, 1.54) is 0 Å². The lowest BCUT2D eigenvalue weighted by Gasteiger charge is -2.14. The third kappa shape index (κ3) is 6.29. The number of aromatic nitrogens is 2. The van der Waals surface area contributed by atoms with Crippen LogP contribution in [0.15, 0.2) is 85.5 Å². The maximum Gasteiger partial charge on any atom is 0.224 e. The first-order valence-corrected chi connectivity index (χ1v) is 11.8. The molecule has 4 aromatic rings. The van der Waals surface area contributed by atoms with Gasteiger partial charge in [0, 0.05) is 13.0 Å². The lowest BCUT2D eigenvalue weighted by Crippen LogP contribution is -2.28. The van der Waals surface area contributed by atoms with Gasteiger partial charge >= 0.3 is 0 Å². The molecule has 0 bridgehead atoms. The topological polar surface area (TPSA) is 65.4 Å². The zero-order valence-electron chi connectivity index (χ0n) is 20.1. The molecule has 0 radical (unpaired) electrons. The van der Waals surface area contributed by atoms with E-state index in [0.717, 1.165) is 34.4 Å². The second-order valence-electron chi connectivity index (χ2n) is 8.26. The molecule has 1 heterocycles. The molecule has 0 aliphatic heterocycles. The minimum Gasteiger partial charge on any atom is -0.493 e. The summed E-state index contributed by atoms with van der Waals surface area (Å²) in [6, 6.07) is 23.7. The molecule has 0 spiro atoms. The van der Waals surface area contributed by atoms with Gasteiger partial charge in [-0.3, -0.25) is 4.79 Å². The number of nitrogens with zero attached hydrogens (tertiary/aromatic N) is 2. The molecule has 180 valence electrons. The molecular weight excluding hydrogens is 438 g/mol.